The number of thiophene rings is 1. The average molecular weight is 365 g/mol. The van der Waals surface area contributed by atoms with Gasteiger partial charge < -0.3 is 10.3 Å². The minimum Gasteiger partial charge on any atom is -0.347 e. The molecule has 0 saturated heterocycles. The number of aromatic nitrogens is 2. The molecule has 0 aromatic carbocycles. The van der Waals surface area contributed by atoms with Crippen LogP contribution in [0.15, 0.2) is 27.1 Å². The number of rotatable bonds is 6. The van der Waals surface area contributed by atoms with Crippen molar-refractivity contribution in [2.24, 2.45) is 0 Å². The quantitative estimate of drug-likeness (QED) is 0.723. The summed E-state index contributed by atoms with van der Waals surface area (Å²) in [6.07, 6.45) is 3.23. The molecule has 19 heavy (non-hydrogen) atoms. The Labute approximate surface area is 123 Å². The van der Waals surface area contributed by atoms with Crippen LogP contribution in [0.5, 0.6) is 0 Å². The summed E-state index contributed by atoms with van der Waals surface area (Å²) in [4.78, 5) is 8.02. The molecule has 0 saturated carbocycles. The molecule has 9 heteroatoms. The number of H-pyrrole nitrogens is 1. The molecule has 0 aliphatic carbocycles. The van der Waals surface area contributed by atoms with Crippen molar-refractivity contribution in [2.75, 3.05) is 7.05 Å². The van der Waals surface area contributed by atoms with Crippen LogP contribution in [0.1, 0.15) is 10.7 Å². The van der Waals surface area contributed by atoms with E-state index in [1.807, 2.05) is 7.05 Å². The highest BCUT2D eigenvalue weighted by Crippen LogP contribution is 2.31. The van der Waals surface area contributed by atoms with E-state index in [1.54, 1.807) is 18.5 Å². The van der Waals surface area contributed by atoms with Gasteiger partial charge in [-0.05, 0) is 29.0 Å². The lowest BCUT2D eigenvalue weighted by atomic mass is 10.5. The van der Waals surface area contributed by atoms with E-state index in [4.69, 9.17) is 0 Å². The first kappa shape index (κ1) is 14.7. The van der Waals surface area contributed by atoms with Gasteiger partial charge in [0.2, 0.25) is 10.0 Å². The number of nitrogens with one attached hydrogen (secondary N) is 3. The Kier molecular flexibility index (Phi) is 4.74. The van der Waals surface area contributed by atoms with Crippen molar-refractivity contribution < 1.29 is 8.42 Å². The van der Waals surface area contributed by atoms with Gasteiger partial charge in [0.05, 0.1) is 10.3 Å². The zero-order valence-electron chi connectivity index (χ0n) is 10.1. The van der Waals surface area contributed by atoms with Crippen molar-refractivity contribution in [3.8, 4) is 0 Å². The van der Waals surface area contributed by atoms with Gasteiger partial charge >= 0.3 is 0 Å². The number of halogens is 1. The summed E-state index contributed by atoms with van der Waals surface area (Å²) in [6.45, 7) is 0.774. The highest BCUT2D eigenvalue weighted by atomic mass is 79.9. The van der Waals surface area contributed by atoms with Gasteiger partial charge in [-0.1, -0.05) is 0 Å². The maximum absolute atomic E-state index is 12.2. The van der Waals surface area contributed by atoms with E-state index in [0.717, 1.165) is 4.88 Å². The first-order valence-electron chi connectivity index (χ1n) is 5.43. The van der Waals surface area contributed by atoms with Crippen LogP contribution in [0.2, 0.25) is 0 Å². The highest BCUT2D eigenvalue weighted by Gasteiger charge is 2.20. The Morgan fingerprint density at radius 3 is 2.89 bits per heavy atom. The van der Waals surface area contributed by atoms with Crippen molar-refractivity contribution in [2.45, 2.75) is 18.0 Å². The van der Waals surface area contributed by atoms with Gasteiger partial charge in [0.15, 0.2) is 0 Å². The van der Waals surface area contributed by atoms with Crippen LogP contribution in [0, 0.1) is 0 Å². The lowest BCUT2D eigenvalue weighted by Gasteiger charge is -2.03. The van der Waals surface area contributed by atoms with Gasteiger partial charge in [0.1, 0.15) is 10.7 Å². The third-order valence-electron chi connectivity index (χ3n) is 2.33. The number of hydrogen-bond donors (Lipinski definition) is 3. The summed E-state index contributed by atoms with van der Waals surface area (Å²) < 4.78 is 27.4. The number of hydrogen-bond acceptors (Lipinski definition) is 5. The third-order valence-corrected chi connectivity index (χ3v) is 5.98. The molecule has 0 unspecified atom stereocenters. The molecule has 0 bridgehead atoms. The van der Waals surface area contributed by atoms with Crippen molar-refractivity contribution in [1.29, 1.82) is 0 Å². The predicted molar refractivity (Wildman–Crippen MR) is 77.4 cm³/mol. The number of sulfonamides is 1. The SMILES string of the molecule is CNCc1cc(S(=O)(=O)NCc2ncc[nH]2)c(Br)s1. The third kappa shape index (κ3) is 3.63. The number of nitrogens with zero attached hydrogens (tertiary/aromatic N) is 1. The van der Waals surface area contributed by atoms with Crippen molar-refractivity contribution >= 4 is 37.3 Å². The molecule has 0 spiro atoms. The van der Waals surface area contributed by atoms with E-state index in [1.165, 1.54) is 11.3 Å². The summed E-state index contributed by atoms with van der Waals surface area (Å²) in [5.41, 5.74) is 0. The summed E-state index contributed by atoms with van der Waals surface area (Å²) in [5, 5.41) is 2.99. The van der Waals surface area contributed by atoms with Crippen LogP contribution in [0.25, 0.3) is 0 Å². The molecule has 0 amide bonds. The Morgan fingerprint density at radius 2 is 2.26 bits per heavy atom. The molecule has 0 aliphatic rings. The second kappa shape index (κ2) is 6.14. The molecule has 0 atom stereocenters. The van der Waals surface area contributed by atoms with Crippen molar-refractivity contribution in [3.63, 3.8) is 0 Å². The minimum atomic E-state index is -3.54. The van der Waals surface area contributed by atoms with E-state index in [9.17, 15) is 8.42 Å². The van der Waals surface area contributed by atoms with E-state index >= 15 is 0 Å². The Balaban J connectivity index is 2.14. The van der Waals surface area contributed by atoms with Gasteiger partial charge in [0, 0.05) is 23.8 Å². The molecule has 2 heterocycles. The van der Waals surface area contributed by atoms with Gasteiger partial charge in [-0.3, -0.25) is 0 Å². The number of aromatic amines is 1. The average Bonchev–Trinajstić information content (AvgIpc) is 2.97. The van der Waals surface area contributed by atoms with E-state index in [0.29, 0.717) is 16.2 Å². The summed E-state index contributed by atoms with van der Waals surface area (Å²) in [6, 6.07) is 1.66. The van der Waals surface area contributed by atoms with Crippen LogP contribution >= 0.6 is 27.3 Å². The Morgan fingerprint density at radius 1 is 1.47 bits per heavy atom. The molecule has 6 nitrogen and oxygen atoms in total. The molecule has 2 rings (SSSR count). The smallest absolute Gasteiger partial charge is 0.242 e. The van der Waals surface area contributed by atoms with E-state index in [-0.39, 0.29) is 11.4 Å². The molecular formula is C10H13BrN4O2S2. The van der Waals surface area contributed by atoms with Crippen LogP contribution < -0.4 is 10.0 Å². The topological polar surface area (TPSA) is 86.9 Å². The normalized spacial score (nSPS) is 11.9. The van der Waals surface area contributed by atoms with Crippen LogP contribution in [-0.4, -0.2) is 25.4 Å². The molecule has 3 N–H and O–H groups in total. The van der Waals surface area contributed by atoms with Gasteiger partial charge in [-0.15, -0.1) is 11.3 Å². The second-order valence-corrected chi connectivity index (χ2v) is 7.93. The summed E-state index contributed by atoms with van der Waals surface area (Å²) in [7, 11) is -1.72. The van der Waals surface area contributed by atoms with Crippen molar-refractivity contribution in [3.05, 3.63) is 32.9 Å². The largest absolute Gasteiger partial charge is 0.347 e. The minimum absolute atomic E-state index is 0.138. The predicted octanol–water partition coefficient (Wildman–Crippen LogP) is 1.43. The number of imidazole rings is 1. The van der Waals surface area contributed by atoms with Gasteiger partial charge in [0.25, 0.3) is 0 Å². The summed E-state index contributed by atoms with van der Waals surface area (Å²) >= 11 is 4.69. The Hall–Kier alpha value is -0.740. The Bertz CT molecular complexity index is 637. The molecule has 0 fully saturated rings. The highest BCUT2D eigenvalue weighted by molar-refractivity contribution is 9.11. The zero-order chi connectivity index (χ0) is 13.9. The first-order chi connectivity index (χ1) is 9.03. The fraction of sp³-hybridized carbons (Fsp3) is 0.300. The monoisotopic (exact) mass is 364 g/mol. The maximum atomic E-state index is 12.2. The van der Waals surface area contributed by atoms with Gasteiger partial charge in [-0.2, -0.15) is 0 Å². The molecule has 2 aromatic rings. The van der Waals surface area contributed by atoms with Crippen LogP contribution in [0.3, 0.4) is 0 Å². The lowest BCUT2D eigenvalue weighted by Crippen LogP contribution is -2.23. The molecule has 104 valence electrons. The van der Waals surface area contributed by atoms with E-state index < -0.39 is 10.0 Å². The molecular weight excluding hydrogens is 352 g/mol. The first-order valence-corrected chi connectivity index (χ1v) is 8.53. The molecule has 0 aliphatic heterocycles. The van der Waals surface area contributed by atoms with E-state index in [2.05, 4.69) is 35.9 Å². The lowest BCUT2D eigenvalue weighted by molar-refractivity contribution is 0.579. The summed E-state index contributed by atoms with van der Waals surface area (Å²) in [5.74, 6) is 0.574. The van der Waals surface area contributed by atoms with Crippen LogP contribution in [0.4, 0.5) is 0 Å². The standard InChI is InChI=1S/C10H13BrN4O2S2/c1-12-5-7-4-8(10(11)18-7)19(16,17)15-6-9-13-2-3-14-9/h2-4,12,15H,5-6H2,1H3,(H,13,14). The molecule has 2 aromatic heterocycles. The van der Waals surface area contributed by atoms with Crippen molar-refractivity contribution in [1.82, 2.24) is 20.0 Å². The second-order valence-electron chi connectivity index (χ2n) is 3.74. The van der Waals surface area contributed by atoms with Crippen LogP contribution in [-0.2, 0) is 23.1 Å². The fourth-order valence-corrected chi connectivity index (χ4v) is 5.16. The fourth-order valence-electron chi connectivity index (χ4n) is 1.48. The molecule has 0 radical (unpaired) electrons. The van der Waals surface area contributed by atoms with Gasteiger partial charge in [-0.25, -0.2) is 18.1 Å². The zero-order valence-corrected chi connectivity index (χ0v) is 13.3. The maximum Gasteiger partial charge on any atom is 0.242 e.